The normalized spacial score (nSPS) is 18.9. The topological polar surface area (TPSA) is 74.6 Å². The van der Waals surface area contributed by atoms with E-state index in [4.69, 9.17) is 4.42 Å². The first-order valence-corrected chi connectivity index (χ1v) is 10.2. The summed E-state index contributed by atoms with van der Waals surface area (Å²) in [6.07, 6.45) is 3.97. The van der Waals surface area contributed by atoms with Crippen LogP contribution in [-0.4, -0.2) is 42.4 Å². The lowest BCUT2D eigenvalue weighted by Crippen LogP contribution is -2.46. The van der Waals surface area contributed by atoms with Crippen LogP contribution in [0.2, 0.25) is 0 Å². The molecule has 1 aliphatic heterocycles. The number of furan rings is 1. The van der Waals surface area contributed by atoms with Gasteiger partial charge < -0.3 is 15.1 Å². The Kier molecular flexibility index (Phi) is 6.34. The van der Waals surface area contributed by atoms with Gasteiger partial charge in [-0.05, 0) is 62.9 Å². The van der Waals surface area contributed by atoms with E-state index in [0.717, 1.165) is 24.6 Å². The highest BCUT2D eigenvalue weighted by atomic mass is 32.1. The van der Waals surface area contributed by atoms with Crippen LogP contribution >= 0.6 is 11.3 Å². The summed E-state index contributed by atoms with van der Waals surface area (Å²) in [4.78, 5) is 27.8. The van der Waals surface area contributed by atoms with Gasteiger partial charge in [0.2, 0.25) is 0 Å². The minimum atomic E-state index is -0.318. The van der Waals surface area contributed by atoms with Crippen LogP contribution in [0.4, 0.5) is 5.00 Å². The molecule has 0 aromatic carbocycles. The Morgan fingerprint density at radius 2 is 2.22 bits per heavy atom. The summed E-state index contributed by atoms with van der Waals surface area (Å²) in [7, 11) is 0. The van der Waals surface area contributed by atoms with Crippen molar-refractivity contribution in [3.05, 3.63) is 40.7 Å². The molecule has 3 rings (SSSR count). The number of hydrogen-bond acceptors (Lipinski definition) is 5. The number of carbonyl (C=O) groups excluding carboxylic acids is 2. The number of thiophene rings is 1. The third kappa shape index (κ3) is 4.99. The lowest BCUT2D eigenvalue weighted by molar-refractivity contribution is 0.0920. The van der Waals surface area contributed by atoms with E-state index in [1.807, 2.05) is 13.0 Å². The summed E-state index contributed by atoms with van der Waals surface area (Å²) < 4.78 is 5.09. The predicted octanol–water partition coefficient (Wildman–Crippen LogP) is 3.75. The number of nitrogens with zero attached hydrogens (tertiary/aromatic N) is 1. The maximum Gasteiger partial charge on any atom is 0.291 e. The molecule has 0 bridgehead atoms. The summed E-state index contributed by atoms with van der Waals surface area (Å²) in [6.45, 7) is 9.14. The molecule has 2 atom stereocenters. The molecule has 3 heterocycles. The number of aryl methyl sites for hydroxylation is 1. The van der Waals surface area contributed by atoms with Crippen LogP contribution in [0.1, 0.15) is 52.5 Å². The highest BCUT2D eigenvalue weighted by Gasteiger charge is 2.22. The second-order valence-electron chi connectivity index (χ2n) is 7.36. The zero-order valence-electron chi connectivity index (χ0n) is 16.1. The average molecular weight is 390 g/mol. The monoisotopic (exact) mass is 389 g/mol. The van der Waals surface area contributed by atoms with Crippen molar-refractivity contribution in [2.24, 2.45) is 5.92 Å². The van der Waals surface area contributed by atoms with Gasteiger partial charge in [-0.2, -0.15) is 0 Å². The molecule has 27 heavy (non-hydrogen) atoms. The summed E-state index contributed by atoms with van der Waals surface area (Å²) in [5, 5.41) is 6.46. The lowest BCUT2D eigenvalue weighted by atomic mass is 9.99. The SMILES string of the molecule is Cc1cc(NC(=O)c2ccco2)sc1C(=O)NC[C@H](C)N1CCC[C@H](C)C1. The van der Waals surface area contributed by atoms with Crippen molar-refractivity contribution in [2.75, 3.05) is 25.0 Å². The van der Waals surface area contributed by atoms with Crippen molar-refractivity contribution in [1.29, 1.82) is 0 Å². The Bertz CT molecular complexity index is 785. The van der Waals surface area contributed by atoms with Gasteiger partial charge in [0.25, 0.3) is 11.8 Å². The first-order valence-electron chi connectivity index (χ1n) is 9.41. The van der Waals surface area contributed by atoms with Crippen LogP contribution in [0.25, 0.3) is 0 Å². The van der Waals surface area contributed by atoms with Crippen molar-refractivity contribution >= 4 is 28.2 Å². The van der Waals surface area contributed by atoms with E-state index in [2.05, 4.69) is 29.4 Å². The molecular formula is C20H27N3O3S. The van der Waals surface area contributed by atoms with Crippen molar-refractivity contribution in [1.82, 2.24) is 10.2 Å². The molecule has 1 fully saturated rings. The summed E-state index contributed by atoms with van der Waals surface area (Å²) >= 11 is 1.28. The lowest BCUT2D eigenvalue weighted by Gasteiger charge is -2.35. The molecular weight excluding hydrogens is 362 g/mol. The summed E-state index contributed by atoms with van der Waals surface area (Å²) in [5.41, 5.74) is 0.853. The fourth-order valence-electron chi connectivity index (χ4n) is 3.43. The van der Waals surface area contributed by atoms with Crippen molar-refractivity contribution < 1.29 is 14.0 Å². The van der Waals surface area contributed by atoms with E-state index in [1.54, 1.807) is 12.1 Å². The van der Waals surface area contributed by atoms with Crippen LogP contribution in [-0.2, 0) is 0 Å². The standard InChI is InChI=1S/C20H27N3O3S/c1-13-6-4-8-23(12-13)15(3)11-21-20(25)18-14(2)10-17(27-18)22-19(24)16-7-5-9-26-16/h5,7,9-10,13,15H,4,6,8,11-12H2,1-3H3,(H,21,25)(H,22,24)/t13-,15-/m0/s1. The zero-order valence-corrected chi connectivity index (χ0v) is 16.9. The number of hydrogen-bond donors (Lipinski definition) is 2. The average Bonchev–Trinajstić information content (AvgIpc) is 3.29. The van der Waals surface area contributed by atoms with E-state index in [9.17, 15) is 9.59 Å². The second kappa shape index (κ2) is 8.71. The Morgan fingerprint density at radius 1 is 1.41 bits per heavy atom. The molecule has 2 aromatic heterocycles. The maximum atomic E-state index is 12.6. The highest BCUT2D eigenvalue weighted by molar-refractivity contribution is 7.18. The third-order valence-electron chi connectivity index (χ3n) is 4.98. The second-order valence-corrected chi connectivity index (χ2v) is 8.41. The molecule has 0 spiro atoms. The number of piperidine rings is 1. The summed E-state index contributed by atoms with van der Waals surface area (Å²) in [5.74, 6) is 0.558. The van der Waals surface area contributed by atoms with E-state index < -0.39 is 0 Å². The van der Waals surface area contributed by atoms with E-state index in [1.165, 1.54) is 30.4 Å². The Balaban J connectivity index is 1.55. The Labute approximate surface area is 163 Å². The number of likely N-dealkylation sites (tertiary alicyclic amines) is 1. The molecule has 1 aliphatic rings. The quantitative estimate of drug-likeness (QED) is 0.789. The van der Waals surface area contributed by atoms with Crippen molar-refractivity contribution in [3.8, 4) is 0 Å². The van der Waals surface area contributed by atoms with Crippen LogP contribution < -0.4 is 10.6 Å². The molecule has 2 N–H and O–H groups in total. The van der Waals surface area contributed by atoms with Crippen LogP contribution in [0.3, 0.4) is 0 Å². The molecule has 0 saturated carbocycles. The van der Waals surface area contributed by atoms with E-state index in [-0.39, 0.29) is 17.6 Å². The van der Waals surface area contributed by atoms with Gasteiger partial charge in [0.05, 0.1) is 16.1 Å². The van der Waals surface area contributed by atoms with Gasteiger partial charge in [0.15, 0.2) is 5.76 Å². The number of rotatable bonds is 6. The minimum Gasteiger partial charge on any atom is -0.459 e. The number of anilines is 1. The van der Waals surface area contributed by atoms with Gasteiger partial charge in [0.1, 0.15) is 0 Å². The van der Waals surface area contributed by atoms with Gasteiger partial charge >= 0.3 is 0 Å². The van der Waals surface area contributed by atoms with Crippen molar-refractivity contribution in [2.45, 2.75) is 39.7 Å². The van der Waals surface area contributed by atoms with Crippen molar-refractivity contribution in [3.63, 3.8) is 0 Å². The molecule has 0 aliphatic carbocycles. The molecule has 0 radical (unpaired) electrons. The molecule has 146 valence electrons. The molecule has 6 nitrogen and oxygen atoms in total. The predicted molar refractivity (Wildman–Crippen MR) is 107 cm³/mol. The molecule has 2 amide bonds. The largest absolute Gasteiger partial charge is 0.459 e. The van der Waals surface area contributed by atoms with Gasteiger partial charge in [-0.25, -0.2) is 0 Å². The highest BCUT2D eigenvalue weighted by Crippen LogP contribution is 2.27. The van der Waals surface area contributed by atoms with Crippen LogP contribution in [0.5, 0.6) is 0 Å². The van der Waals surface area contributed by atoms with Gasteiger partial charge in [-0.3, -0.25) is 14.5 Å². The maximum absolute atomic E-state index is 12.6. The Hall–Kier alpha value is -2.12. The fourth-order valence-corrected chi connectivity index (χ4v) is 4.41. The van der Waals surface area contributed by atoms with Crippen LogP contribution in [0.15, 0.2) is 28.9 Å². The number of nitrogens with one attached hydrogen (secondary N) is 2. The first kappa shape index (κ1) is 19.6. The van der Waals surface area contributed by atoms with Gasteiger partial charge in [-0.15, -0.1) is 11.3 Å². The fraction of sp³-hybridized carbons (Fsp3) is 0.500. The van der Waals surface area contributed by atoms with Gasteiger partial charge in [-0.1, -0.05) is 6.92 Å². The number of carbonyl (C=O) groups is 2. The molecule has 1 saturated heterocycles. The van der Waals surface area contributed by atoms with Crippen LogP contribution in [0, 0.1) is 12.8 Å². The summed E-state index contributed by atoms with van der Waals surface area (Å²) in [6, 6.07) is 5.40. The Morgan fingerprint density at radius 3 is 2.93 bits per heavy atom. The number of amides is 2. The third-order valence-corrected chi connectivity index (χ3v) is 6.13. The zero-order chi connectivity index (χ0) is 19.4. The van der Waals surface area contributed by atoms with E-state index >= 15 is 0 Å². The van der Waals surface area contributed by atoms with Gasteiger partial charge in [0, 0.05) is 19.1 Å². The molecule has 0 unspecified atom stereocenters. The molecule has 2 aromatic rings. The first-order chi connectivity index (χ1) is 12.9. The van der Waals surface area contributed by atoms with E-state index in [0.29, 0.717) is 22.5 Å². The minimum absolute atomic E-state index is 0.0899. The smallest absolute Gasteiger partial charge is 0.291 e. The molecule has 7 heteroatoms.